The van der Waals surface area contributed by atoms with E-state index in [9.17, 15) is 19.4 Å². The molecular formula is C68H131N2O6P. The molecule has 3 atom stereocenters. The van der Waals surface area contributed by atoms with Crippen LogP contribution in [0.4, 0.5) is 0 Å². The molecule has 2 N–H and O–H groups in total. The third-order valence-corrected chi connectivity index (χ3v) is 16.2. The van der Waals surface area contributed by atoms with E-state index < -0.39 is 26.6 Å². The second-order valence-electron chi connectivity index (χ2n) is 24.2. The van der Waals surface area contributed by atoms with Gasteiger partial charge in [-0.3, -0.25) is 9.36 Å². The summed E-state index contributed by atoms with van der Waals surface area (Å²) in [7, 11) is 1.24. The molecule has 77 heavy (non-hydrogen) atoms. The normalized spacial score (nSPS) is 14.0. The van der Waals surface area contributed by atoms with Gasteiger partial charge in [0, 0.05) is 6.42 Å². The Kier molecular flexibility index (Phi) is 57.9. The number of phosphoric ester groups is 1. The number of nitrogens with one attached hydrogen (secondary N) is 1. The van der Waals surface area contributed by atoms with E-state index in [2.05, 4.69) is 55.6 Å². The van der Waals surface area contributed by atoms with Crippen LogP contribution in [-0.2, 0) is 18.4 Å². The molecule has 8 nitrogen and oxygen atoms in total. The van der Waals surface area contributed by atoms with E-state index in [0.29, 0.717) is 17.4 Å². The van der Waals surface area contributed by atoms with Crippen molar-refractivity contribution >= 4 is 13.7 Å². The van der Waals surface area contributed by atoms with E-state index in [1.165, 1.54) is 263 Å². The Bertz CT molecular complexity index is 1390. The van der Waals surface area contributed by atoms with Crippen molar-refractivity contribution in [2.45, 2.75) is 341 Å². The molecule has 0 saturated heterocycles. The van der Waals surface area contributed by atoms with Crippen LogP contribution < -0.4 is 10.2 Å². The molecule has 9 heteroatoms. The van der Waals surface area contributed by atoms with Gasteiger partial charge in [0.25, 0.3) is 7.82 Å². The van der Waals surface area contributed by atoms with Crippen LogP contribution in [0.15, 0.2) is 48.6 Å². The molecule has 0 fully saturated rings. The maximum Gasteiger partial charge on any atom is 0.268 e. The fourth-order valence-electron chi connectivity index (χ4n) is 10.0. The lowest BCUT2D eigenvalue weighted by atomic mass is 10.0. The van der Waals surface area contributed by atoms with Crippen molar-refractivity contribution < 1.29 is 32.9 Å². The summed E-state index contributed by atoms with van der Waals surface area (Å²) >= 11 is 0. The average molecular weight is 1100 g/mol. The Hall–Kier alpha value is -1.54. The fourth-order valence-corrected chi connectivity index (χ4v) is 10.7. The van der Waals surface area contributed by atoms with Crippen LogP contribution in [0.5, 0.6) is 0 Å². The zero-order valence-corrected chi connectivity index (χ0v) is 52.8. The number of rotatable bonds is 62. The van der Waals surface area contributed by atoms with Crippen molar-refractivity contribution in [3.05, 3.63) is 48.6 Å². The smallest absolute Gasteiger partial charge is 0.268 e. The van der Waals surface area contributed by atoms with Crippen molar-refractivity contribution in [1.29, 1.82) is 0 Å². The number of quaternary nitrogens is 1. The summed E-state index contributed by atoms with van der Waals surface area (Å²) in [6, 6.07) is -0.912. The van der Waals surface area contributed by atoms with Gasteiger partial charge in [-0.15, -0.1) is 0 Å². The van der Waals surface area contributed by atoms with Gasteiger partial charge in [-0.1, -0.05) is 300 Å². The first kappa shape index (κ1) is 75.5. The van der Waals surface area contributed by atoms with Crippen LogP contribution in [0.25, 0.3) is 0 Å². The molecule has 0 aromatic heterocycles. The molecule has 454 valence electrons. The maximum absolute atomic E-state index is 13.0. The van der Waals surface area contributed by atoms with Crippen molar-refractivity contribution in [1.82, 2.24) is 5.32 Å². The van der Waals surface area contributed by atoms with Gasteiger partial charge in [-0.05, 0) is 70.6 Å². The monoisotopic (exact) mass is 1100 g/mol. The van der Waals surface area contributed by atoms with Crippen molar-refractivity contribution in [3.8, 4) is 0 Å². The van der Waals surface area contributed by atoms with Crippen molar-refractivity contribution in [2.75, 3.05) is 40.9 Å². The fraction of sp³-hybridized carbons (Fsp3) is 0.868. The van der Waals surface area contributed by atoms with Gasteiger partial charge in [0.15, 0.2) is 0 Å². The van der Waals surface area contributed by atoms with Crippen LogP contribution in [0.2, 0.25) is 0 Å². The second kappa shape index (κ2) is 59.1. The minimum Gasteiger partial charge on any atom is -0.756 e. The SMILES string of the molecule is CCCCCCCCCC/C=C\CCCCCCCCCCCCCC(=O)NC(COP(=O)([O-])OCC[N+](C)(C)C)C(O)/C=C/CC/C=C/CC/C=C/CCCCCCCCCCCCCCCCCCCCCCCC. The predicted octanol–water partition coefficient (Wildman–Crippen LogP) is 20.4. The standard InChI is InChI=1S/C68H131N2O6P/c1-6-8-10-12-14-16-18-20-22-24-26-28-30-31-32-33-34-35-36-37-38-40-41-43-45-47-49-51-53-55-57-59-61-67(71)66(65-76-77(73,74)75-64-63-70(3,4)5)69-68(72)62-60-58-56-54-52-50-48-46-44-42-39-29-27-25-23-21-19-17-15-13-11-9-7-2/h25,27,43,45,51,53,59,61,66-67,71H,6-24,26,28-42,44,46-50,52,54-58,60,62-65H2,1-5H3,(H-,69,72,73,74)/b27-25-,45-43+,53-51+,61-59+. The number of nitrogens with zero attached hydrogens (tertiary/aromatic N) is 1. The van der Waals surface area contributed by atoms with E-state index in [1.54, 1.807) is 6.08 Å². The van der Waals surface area contributed by atoms with E-state index in [-0.39, 0.29) is 12.5 Å². The molecule has 0 aromatic rings. The number of likely N-dealkylation sites (N-methyl/N-ethyl adjacent to an activating group) is 1. The molecule has 0 saturated carbocycles. The lowest BCUT2D eigenvalue weighted by Gasteiger charge is -2.29. The number of carbonyl (C=O) groups excluding carboxylic acids is 1. The highest BCUT2D eigenvalue weighted by Gasteiger charge is 2.23. The van der Waals surface area contributed by atoms with Gasteiger partial charge >= 0.3 is 0 Å². The third kappa shape index (κ3) is 61.9. The lowest BCUT2D eigenvalue weighted by molar-refractivity contribution is -0.870. The molecule has 0 heterocycles. The first-order valence-corrected chi connectivity index (χ1v) is 35.0. The Morgan fingerprint density at radius 3 is 1.05 bits per heavy atom. The van der Waals surface area contributed by atoms with Crippen molar-refractivity contribution in [3.63, 3.8) is 0 Å². The molecule has 0 aliphatic heterocycles. The van der Waals surface area contributed by atoms with Gasteiger partial charge < -0.3 is 28.8 Å². The zero-order chi connectivity index (χ0) is 56.3. The first-order valence-electron chi connectivity index (χ1n) is 33.5. The molecule has 0 aliphatic carbocycles. The number of allylic oxidation sites excluding steroid dienone is 7. The van der Waals surface area contributed by atoms with Crippen LogP contribution in [0, 0.1) is 0 Å². The summed E-state index contributed by atoms with van der Waals surface area (Å²) in [5.41, 5.74) is 0. The number of aliphatic hydroxyl groups excluding tert-OH is 1. The molecule has 3 unspecified atom stereocenters. The minimum absolute atomic E-state index is 0.00912. The van der Waals surface area contributed by atoms with Gasteiger partial charge in [-0.2, -0.15) is 0 Å². The molecular weight excluding hydrogens is 972 g/mol. The summed E-state index contributed by atoms with van der Waals surface area (Å²) in [5, 5.41) is 13.9. The Morgan fingerprint density at radius 2 is 0.727 bits per heavy atom. The van der Waals surface area contributed by atoms with Crippen LogP contribution >= 0.6 is 7.82 Å². The summed E-state index contributed by atoms with van der Waals surface area (Å²) in [6.07, 6.45) is 79.5. The average Bonchev–Trinajstić information content (AvgIpc) is 3.39. The highest BCUT2D eigenvalue weighted by molar-refractivity contribution is 7.45. The second-order valence-corrected chi connectivity index (χ2v) is 25.6. The Morgan fingerprint density at radius 1 is 0.442 bits per heavy atom. The number of hydrogen-bond acceptors (Lipinski definition) is 6. The maximum atomic E-state index is 13.0. The number of hydrogen-bond donors (Lipinski definition) is 2. The topological polar surface area (TPSA) is 108 Å². The molecule has 0 radical (unpaired) electrons. The first-order chi connectivity index (χ1) is 37.5. The lowest BCUT2D eigenvalue weighted by Crippen LogP contribution is -2.45. The number of unbranched alkanes of at least 4 members (excludes halogenated alkanes) is 43. The van der Waals surface area contributed by atoms with Crippen molar-refractivity contribution in [2.24, 2.45) is 0 Å². The van der Waals surface area contributed by atoms with Gasteiger partial charge in [0.1, 0.15) is 13.2 Å². The summed E-state index contributed by atoms with van der Waals surface area (Å²) in [4.78, 5) is 25.6. The number of aliphatic hydroxyl groups is 1. The van der Waals surface area contributed by atoms with Crippen LogP contribution in [0.1, 0.15) is 328 Å². The zero-order valence-electron chi connectivity index (χ0n) is 51.9. The summed E-state index contributed by atoms with van der Waals surface area (Å²) < 4.78 is 23.4. The highest BCUT2D eigenvalue weighted by Crippen LogP contribution is 2.38. The molecule has 0 bridgehead atoms. The predicted molar refractivity (Wildman–Crippen MR) is 334 cm³/mol. The number of phosphoric acid groups is 1. The van der Waals surface area contributed by atoms with Crippen LogP contribution in [-0.4, -0.2) is 68.5 Å². The molecule has 0 rings (SSSR count). The summed E-state index contributed by atoms with van der Waals surface area (Å²) in [6.45, 7) is 4.66. The van der Waals surface area contributed by atoms with E-state index in [1.807, 2.05) is 27.2 Å². The summed E-state index contributed by atoms with van der Waals surface area (Å²) in [5.74, 6) is -0.209. The van der Waals surface area contributed by atoms with Gasteiger partial charge in [0.2, 0.25) is 5.91 Å². The largest absolute Gasteiger partial charge is 0.756 e. The molecule has 1 amide bonds. The van der Waals surface area contributed by atoms with E-state index >= 15 is 0 Å². The number of carbonyl (C=O) groups is 1. The van der Waals surface area contributed by atoms with Gasteiger partial charge in [-0.25, -0.2) is 0 Å². The number of amides is 1. The quantitative estimate of drug-likeness (QED) is 0.0272. The molecule has 0 spiro atoms. The van der Waals surface area contributed by atoms with E-state index in [0.717, 1.165) is 44.9 Å². The Balaban J connectivity index is 4.15. The van der Waals surface area contributed by atoms with Crippen LogP contribution in [0.3, 0.4) is 0 Å². The minimum atomic E-state index is -4.61. The third-order valence-electron chi connectivity index (χ3n) is 15.2. The molecule has 0 aromatic carbocycles. The molecule has 0 aliphatic rings. The highest BCUT2D eigenvalue weighted by atomic mass is 31.2. The van der Waals surface area contributed by atoms with Gasteiger partial charge in [0.05, 0.1) is 39.9 Å². The Labute approximate surface area is 479 Å². The van der Waals surface area contributed by atoms with E-state index in [4.69, 9.17) is 9.05 Å².